The average molecular weight is 278 g/mol. The summed E-state index contributed by atoms with van der Waals surface area (Å²) in [5.74, 6) is 0.528. The van der Waals surface area contributed by atoms with Crippen LogP contribution in [-0.2, 0) is 9.47 Å². The van der Waals surface area contributed by atoms with Gasteiger partial charge < -0.3 is 9.47 Å². The second-order valence-corrected chi connectivity index (χ2v) is 4.99. The molecule has 2 aliphatic heterocycles. The molecule has 0 N–H and O–H groups in total. The van der Waals surface area contributed by atoms with Gasteiger partial charge in [0.1, 0.15) is 0 Å². The van der Waals surface area contributed by atoms with E-state index in [1.165, 1.54) is 10.0 Å². The molecule has 2 bridgehead atoms. The molecule has 0 saturated carbocycles. The summed E-state index contributed by atoms with van der Waals surface area (Å²) in [5.41, 5.74) is 0. The third-order valence-corrected chi connectivity index (χ3v) is 4.00. The molecule has 2 heterocycles. The van der Waals surface area contributed by atoms with E-state index in [9.17, 15) is 9.59 Å². The Labute approximate surface area is 117 Å². The van der Waals surface area contributed by atoms with Crippen molar-refractivity contribution in [3.63, 3.8) is 0 Å². The topological polar surface area (TPSA) is 59.1 Å². The van der Waals surface area contributed by atoms with Crippen LogP contribution < -0.4 is 0 Å². The van der Waals surface area contributed by atoms with E-state index in [0.717, 1.165) is 0 Å². The highest BCUT2D eigenvalue weighted by atomic mass is 16.6. The minimum atomic E-state index is -0.501. The van der Waals surface area contributed by atoms with Gasteiger partial charge in [-0.3, -0.25) is 0 Å². The largest absolute Gasteiger partial charge is 0.448 e. The molecule has 0 unspecified atom stereocenters. The molecule has 0 aromatic heterocycles. The fourth-order valence-corrected chi connectivity index (χ4v) is 3.11. The predicted octanol–water partition coefficient (Wildman–Crippen LogP) is 1.94. The van der Waals surface area contributed by atoms with E-state index in [2.05, 4.69) is 12.2 Å². The Hall–Kier alpha value is -1.98. The number of hydrazine groups is 1. The van der Waals surface area contributed by atoms with Crippen LogP contribution in [0.15, 0.2) is 24.3 Å². The van der Waals surface area contributed by atoms with E-state index in [1.807, 2.05) is 12.2 Å². The summed E-state index contributed by atoms with van der Waals surface area (Å²) in [7, 11) is 0. The van der Waals surface area contributed by atoms with Gasteiger partial charge in [0, 0.05) is 11.8 Å². The van der Waals surface area contributed by atoms with Crippen LogP contribution >= 0.6 is 0 Å². The van der Waals surface area contributed by atoms with Gasteiger partial charge in [0.2, 0.25) is 0 Å². The molecular formula is C14H18N2O4. The Morgan fingerprint density at radius 3 is 1.55 bits per heavy atom. The molecule has 0 aromatic carbocycles. The summed E-state index contributed by atoms with van der Waals surface area (Å²) >= 11 is 0. The van der Waals surface area contributed by atoms with Gasteiger partial charge in [0.05, 0.1) is 25.3 Å². The maximum atomic E-state index is 12.2. The van der Waals surface area contributed by atoms with Crippen LogP contribution in [0.25, 0.3) is 0 Å². The summed E-state index contributed by atoms with van der Waals surface area (Å²) < 4.78 is 10.2. The van der Waals surface area contributed by atoms with Crippen LogP contribution in [0.4, 0.5) is 9.59 Å². The smallest absolute Gasteiger partial charge is 0.429 e. The number of carbonyl (C=O) groups is 2. The van der Waals surface area contributed by atoms with E-state index in [4.69, 9.17) is 9.47 Å². The van der Waals surface area contributed by atoms with Crippen molar-refractivity contribution in [1.82, 2.24) is 10.0 Å². The van der Waals surface area contributed by atoms with Gasteiger partial charge in [-0.05, 0) is 13.8 Å². The Morgan fingerprint density at radius 2 is 1.25 bits per heavy atom. The van der Waals surface area contributed by atoms with Gasteiger partial charge in [0.15, 0.2) is 0 Å². The highest BCUT2D eigenvalue weighted by molar-refractivity contribution is 5.76. The Kier molecular flexibility index (Phi) is 3.16. The number of carbonyl (C=O) groups excluding carboxylic acids is 2. The van der Waals surface area contributed by atoms with Gasteiger partial charge in [-0.1, -0.05) is 24.3 Å². The number of fused-ring (bicyclic) bond motifs is 1. The summed E-state index contributed by atoms with van der Waals surface area (Å²) in [6, 6.07) is -0.336. The highest BCUT2D eigenvalue weighted by Crippen LogP contribution is 2.46. The zero-order chi connectivity index (χ0) is 14.3. The quantitative estimate of drug-likeness (QED) is 0.724. The molecule has 1 saturated heterocycles. The van der Waals surface area contributed by atoms with Crippen LogP contribution in [0, 0.1) is 11.8 Å². The lowest BCUT2D eigenvalue weighted by atomic mass is 9.67. The summed E-state index contributed by atoms with van der Waals surface area (Å²) in [5, 5.41) is 2.80. The maximum absolute atomic E-state index is 12.2. The van der Waals surface area contributed by atoms with Crippen LogP contribution in [0.5, 0.6) is 0 Å². The number of nitrogens with zero attached hydrogens (tertiary/aromatic N) is 2. The molecule has 0 spiro atoms. The lowest BCUT2D eigenvalue weighted by molar-refractivity contribution is -0.110. The Morgan fingerprint density at radius 1 is 0.850 bits per heavy atom. The zero-order valence-electron chi connectivity index (χ0n) is 11.6. The van der Waals surface area contributed by atoms with Crippen molar-refractivity contribution >= 4 is 12.2 Å². The molecule has 1 fully saturated rings. The lowest BCUT2D eigenvalue weighted by Crippen LogP contribution is -2.70. The van der Waals surface area contributed by atoms with Crippen LogP contribution in [0.2, 0.25) is 0 Å². The molecule has 0 aromatic rings. The molecule has 4 rings (SSSR count). The van der Waals surface area contributed by atoms with E-state index < -0.39 is 12.2 Å². The van der Waals surface area contributed by atoms with Gasteiger partial charge in [0.25, 0.3) is 0 Å². The first-order valence-electron chi connectivity index (χ1n) is 6.97. The minimum absolute atomic E-state index is 0.168. The molecule has 108 valence electrons. The predicted molar refractivity (Wildman–Crippen MR) is 70.6 cm³/mol. The second kappa shape index (κ2) is 4.85. The van der Waals surface area contributed by atoms with Crippen molar-refractivity contribution in [3.8, 4) is 0 Å². The molecule has 6 nitrogen and oxygen atoms in total. The fraction of sp³-hybridized carbons (Fsp3) is 0.571. The summed E-state index contributed by atoms with van der Waals surface area (Å²) in [6.45, 7) is 4.04. The first-order chi connectivity index (χ1) is 9.69. The molecule has 0 radical (unpaired) electrons. The Bertz CT molecular complexity index is 446. The van der Waals surface area contributed by atoms with Crippen molar-refractivity contribution in [1.29, 1.82) is 0 Å². The number of amides is 2. The van der Waals surface area contributed by atoms with Gasteiger partial charge >= 0.3 is 12.2 Å². The van der Waals surface area contributed by atoms with E-state index >= 15 is 0 Å². The molecule has 2 amide bonds. The third kappa shape index (κ3) is 1.71. The van der Waals surface area contributed by atoms with Crippen molar-refractivity contribution in [2.45, 2.75) is 25.9 Å². The van der Waals surface area contributed by atoms with Crippen LogP contribution in [0.3, 0.4) is 0 Å². The molecule has 20 heavy (non-hydrogen) atoms. The SMILES string of the molecule is CCOC(=O)N1[C@@H]2C=C[C@H]([C@H]3C=C[C@@H]32)N1C(=O)OCC. The van der Waals surface area contributed by atoms with Crippen molar-refractivity contribution in [2.24, 2.45) is 11.8 Å². The van der Waals surface area contributed by atoms with Crippen LogP contribution in [-0.4, -0.2) is 47.5 Å². The maximum Gasteiger partial charge on any atom is 0.429 e. The first-order valence-corrected chi connectivity index (χ1v) is 6.97. The van der Waals surface area contributed by atoms with E-state index in [-0.39, 0.29) is 37.1 Å². The molecule has 6 heteroatoms. The molecular weight excluding hydrogens is 260 g/mol. The van der Waals surface area contributed by atoms with Gasteiger partial charge in [-0.15, -0.1) is 0 Å². The summed E-state index contributed by atoms with van der Waals surface area (Å²) in [4.78, 5) is 24.4. The highest BCUT2D eigenvalue weighted by Gasteiger charge is 2.54. The first kappa shape index (κ1) is 13.0. The second-order valence-electron chi connectivity index (χ2n) is 4.99. The monoisotopic (exact) mass is 278 g/mol. The van der Waals surface area contributed by atoms with E-state index in [0.29, 0.717) is 0 Å². The van der Waals surface area contributed by atoms with E-state index in [1.54, 1.807) is 13.8 Å². The average Bonchev–Trinajstić information content (AvgIpc) is 2.38. The molecule has 4 aliphatic rings. The zero-order valence-corrected chi connectivity index (χ0v) is 11.6. The number of ether oxygens (including phenoxy) is 2. The molecule has 4 atom stereocenters. The molecule has 2 aliphatic carbocycles. The third-order valence-electron chi connectivity index (χ3n) is 4.00. The van der Waals surface area contributed by atoms with Crippen molar-refractivity contribution in [2.75, 3.05) is 13.2 Å². The Balaban J connectivity index is 1.92. The number of hydrogen-bond donors (Lipinski definition) is 0. The van der Waals surface area contributed by atoms with Crippen molar-refractivity contribution < 1.29 is 19.1 Å². The lowest BCUT2D eigenvalue weighted by Gasteiger charge is -2.56. The minimum Gasteiger partial charge on any atom is -0.448 e. The van der Waals surface area contributed by atoms with Gasteiger partial charge in [-0.2, -0.15) is 0 Å². The van der Waals surface area contributed by atoms with Crippen molar-refractivity contribution in [3.05, 3.63) is 24.3 Å². The van der Waals surface area contributed by atoms with Crippen LogP contribution in [0.1, 0.15) is 13.8 Å². The summed E-state index contributed by atoms with van der Waals surface area (Å²) in [6.07, 6.45) is 7.11. The van der Waals surface area contributed by atoms with Gasteiger partial charge in [-0.25, -0.2) is 19.6 Å². The number of rotatable bonds is 2. The standard InChI is InChI=1S/C14H18N2O4/c1-3-19-13(17)15-11-7-8-12(10-6-5-9(10)11)16(15)14(18)20-4-2/h5-12H,3-4H2,1-2H3/t9-,10-,11+,12+/m0/s1. The number of hydrogen-bond acceptors (Lipinski definition) is 4. The fourth-order valence-electron chi connectivity index (χ4n) is 3.11. The normalized spacial score (nSPS) is 32.7.